The number of carbonyl (C=O) groups excluding carboxylic acids is 2. The lowest BCUT2D eigenvalue weighted by atomic mass is 10.1. The Hall–Kier alpha value is -3.01. The van der Waals surface area contributed by atoms with Crippen LogP contribution in [0, 0.1) is 11.3 Å². The molecule has 1 N–H and O–H groups in total. The summed E-state index contributed by atoms with van der Waals surface area (Å²) in [6.07, 6.45) is 3.40. The van der Waals surface area contributed by atoms with Gasteiger partial charge in [0.25, 0.3) is 11.8 Å². The van der Waals surface area contributed by atoms with Crippen LogP contribution in [-0.4, -0.2) is 36.4 Å². The molecule has 3 rings (SSSR count). The number of nitrogens with one attached hydrogen (secondary N) is 1. The number of halogens is 2. The zero-order chi connectivity index (χ0) is 21.5. The Morgan fingerprint density at radius 3 is 2.43 bits per heavy atom. The van der Waals surface area contributed by atoms with Crippen molar-refractivity contribution in [2.24, 2.45) is 0 Å². The normalized spacial score (nSPS) is 13.6. The molecular weight excluding hydrogens is 425 g/mol. The summed E-state index contributed by atoms with van der Waals surface area (Å²) < 4.78 is 5.67. The van der Waals surface area contributed by atoms with Gasteiger partial charge in [-0.1, -0.05) is 47.5 Å². The smallest absolute Gasteiger partial charge is 0.266 e. The SMILES string of the molecule is N#C/C(=C\c1ccccc1OCC(=O)N1CCCC1)C(=O)Nc1c(Cl)cccc1Cl. The number of ether oxygens (including phenoxy) is 1. The fourth-order valence-electron chi connectivity index (χ4n) is 3.03. The van der Waals surface area contributed by atoms with E-state index in [1.807, 2.05) is 6.07 Å². The number of hydrogen-bond acceptors (Lipinski definition) is 4. The summed E-state index contributed by atoms with van der Waals surface area (Å²) in [4.78, 5) is 26.6. The second-order valence-corrected chi connectivity index (χ2v) is 7.45. The maximum atomic E-state index is 12.6. The van der Waals surface area contributed by atoms with E-state index < -0.39 is 5.91 Å². The molecule has 0 aromatic heterocycles. The van der Waals surface area contributed by atoms with E-state index in [1.165, 1.54) is 6.08 Å². The van der Waals surface area contributed by atoms with E-state index >= 15 is 0 Å². The van der Waals surface area contributed by atoms with Gasteiger partial charge in [-0.05, 0) is 37.1 Å². The highest BCUT2D eigenvalue weighted by molar-refractivity contribution is 6.40. The van der Waals surface area contributed by atoms with Gasteiger partial charge in [0.1, 0.15) is 17.4 Å². The molecule has 154 valence electrons. The minimum absolute atomic E-state index is 0.0853. The molecule has 6 nitrogen and oxygen atoms in total. The lowest BCUT2D eigenvalue weighted by Crippen LogP contribution is -2.32. The maximum absolute atomic E-state index is 12.6. The van der Waals surface area contributed by atoms with Crippen molar-refractivity contribution in [3.8, 4) is 11.8 Å². The van der Waals surface area contributed by atoms with Crippen LogP contribution in [0.15, 0.2) is 48.0 Å². The highest BCUT2D eigenvalue weighted by atomic mass is 35.5. The molecule has 0 radical (unpaired) electrons. The lowest BCUT2D eigenvalue weighted by Gasteiger charge is -2.16. The molecule has 0 atom stereocenters. The zero-order valence-corrected chi connectivity index (χ0v) is 17.5. The first-order valence-electron chi connectivity index (χ1n) is 9.36. The van der Waals surface area contributed by atoms with Crippen LogP contribution in [0.3, 0.4) is 0 Å². The number of nitrogens with zero attached hydrogens (tertiary/aromatic N) is 2. The summed E-state index contributed by atoms with van der Waals surface area (Å²) in [7, 11) is 0. The van der Waals surface area contributed by atoms with Crippen molar-refractivity contribution in [2.75, 3.05) is 25.0 Å². The number of carbonyl (C=O) groups is 2. The van der Waals surface area contributed by atoms with Crippen LogP contribution < -0.4 is 10.1 Å². The first kappa shape index (κ1) is 21.7. The molecule has 1 fully saturated rings. The van der Waals surface area contributed by atoms with Crippen LogP contribution >= 0.6 is 23.2 Å². The standard InChI is InChI=1S/C22H19Cl2N3O3/c23-17-7-5-8-18(24)21(17)26-22(29)16(13-25)12-15-6-1-2-9-19(15)30-14-20(28)27-10-3-4-11-27/h1-2,5-9,12H,3-4,10-11,14H2,(H,26,29)/b16-12+. The van der Waals surface area contributed by atoms with Gasteiger partial charge in [0.05, 0.1) is 15.7 Å². The second-order valence-electron chi connectivity index (χ2n) is 6.63. The number of benzene rings is 2. The molecule has 2 amide bonds. The van der Waals surface area contributed by atoms with E-state index in [0.29, 0.717) is 11.3 Å². The Kier molecular flexibility index (Phi) is 7.34. The lowest BCUT2D eigenvalue weighted by molar-refractivity contribution is -0.132. The van der Waals surface area contributed by atoms with Gasteiger partial charge in [-0.15, -0.1) is 0 Å². The molecule has 8 heteroatoms. The Labute approximate surface area is 184 Å². The van der Waals surface area contributed by atoms with E-state index in [0.717, 1.165) is 25.9 Å². The van der Waals surface area contributed by atoms with Crippen molar-refractivity contribution >= 4 is 46.8 Å². The molecule has 1 saturated heterocycles. The Balaban J connectivity index is 1.76. The van der Waals surface area contributed by atoms with Crippen molar-refractivity contribution in [1.29, 1.82) is 5.26 Å². The fraction of sp³-hybridized carbons (Fsp3) is 0.227. The van der Waals surface area contributed by atoms with Crippen LogP contribution in [0.1, 0.15) is 18.4 Å². The third kappa shape index (κ3) is 5.32. The van der Waals surface area contributed by atoms with E-state index in [-0.39, 0.29) is 33.8 Å². The van der Waals surface area contributed by atoms with Crippen LogP contribution in [-0.2, 0) is 9.59 Å². The number of anilines is 1. The summed E-state index contributed by atoms with van der Waals surface area (Å²) in [5.41, 5.74) is 0.573. The quantitative estimate of drug-likeness (QED) is 0.524. The first-order valence-corrected chi connectivity index (χ1v) is 10.1. The third-order valence-corrected chi connectivity index (χ3v) is 5.23. The van der Waals surface area contributed by atoms with Gasteiger partial charge in [0, 0.05) is 18.7 Å². The van der Waals surface area contributed by atoms with Crippen LogP contribution in [0.25, 0.3) is 6.08 Å². The predicted octanol–water partition coefficient (Wildman–Crippen LogP) is 4.54. The molecule has 0 saturated carbocycles. The number of amides is 2. The average molecular weight is 444 g/mol. The summed E-state index contributed by atoms with van der Waals surface area (Å²) in [5.74, 6) is -0.338. The van der Waals surface area contributed by atoms with Gasteiger partial charge in [0.2, 0.25) is 0 Å². The molecule has 1 aliphatic heterocycles. The van der Waals surface area contributed by atoms with Gasteiger partial charge in [-0.3, -0.25) is 9.59 Å². The number of rotatable bonds is 6. The molecule has 30 heavy (non-hydrogen) atoms. The largest absolute Gasteiger partial charge is 0.483 e. The number of likely N-dealkylation sites (tertiary alicyclic amines) is 1. The van der Waals surface area contributed by atoms with Gasteiger partial charge in [0.15, 0.2) is 6.61 Å². The second kappa shape index (κ2) is 10.1. The van der Waals surface area contributed by atoms with Crippen molar-refractivity contribution in [1.82, 2.24) is 4.90 Å². The molecule has 0 spiro atoms. The average Bonchev–Trinajstić information content (AvgIpc) is 3.28. The monoisotopic (exact) mass is 443 g/mol. The Morgan fingerprint density at radius 1 is 1.10 bits per heavy atom. The minimum Gasteiger partial charge on any atom is -0.483 e. The minimum atomic E-state index is -0.657. The predicted molar refractivity (Wildman–Crippen MR) is 116 cm³/mol. The van der Waals surface area contributed by atoms with Crippen LogP contribution in [0.5, 0.6) is 5.75 Å². The summed E-state index contributed by atoms with van der Waals surface area (Å²) in [6.45, 7) is 1.38. The molecule has 0 unspecified atom stereocenters. The topological polar surface area (TPSA) is 82.4 Å². The van der Waals surface area contributed by atoms with E-state index in [1.54, 1.807) is 47.4 Å². The molecule has 1 heterocycles. The summed E-state index contributed by atoms with van der Waals surface area (Å²) in [5, 5.41) is 12.6. The van der Waals surface area contributed by atoms with Crippen molar-refractivity contribution in [3.63, 3.8) is 0 Å². The molecule has 2 aromatic carbocycles. The Morgan fingerprint density at radius 2 is 1.77 bits per heavy atom. The number of hydrogen-bond donors (Lipinski definition) is 1. The van der Waals surface area contributed by atoms with Gasteiger partial charge < -0.3 is 15.0 Å². The van der Waals surface area contributed by atoms with Crippen molar-refractivity contribution in [3.05, 3.63) is 63.6 Å². The summed E-state index contributed by atoms with van der Waals surface area (Å²) in [6, 6.07) is 13.6. The maximum Gasteiger partial charge on any atom is 0.266 e. The third-order valence-electron chi connectivity index (χ3n) is 4.60. The van der Waals surface area contributed by atoms with Crippen molar-refractivity contribution < 1.29 is 14.3 Å². The molecular formula is C22H19Cl2N3O3. The Bertz CT molecular complexity index is 1000. The molecule has 1 aliphatic rings. The highest BCUT2D eigenvalue weighted by Crippen LogP contribution is 2.30. The van der Waals surface area contributed by atoms with Gasteiger partial charge in [-0.25, -0.2) is 0 Å². The van der Waals surface area contributed by atoms with Crippen LogP contribution in [0.4, 0.5) is 5.69 Å². The summed E-state index contributed by atoms with van der Waals surface area (Å²) >= 11 is 12.1. The van der Waals surface area contributed by atoms with E-state index in [9.17, 15) is 14.9 Å². The van der Waals surface area contributed by atoms with Gasteiger partial charge >= 0.3 is 0 Å². The molecule has 2 aromatic rings. The number of nitriles is 1. The van der Waals surface area contributed by atoms with E-state index in [2.05, 4.69) is 5.32 Å². The highest BCUT2D eigenvalue weighted by Gasteiger charge is 2.19. The van der Waals surface area contributed by atoms with Gasteiger partial charge in [-0.2, -0.15) is 5.26 Å². The van der Waals surface area contributed by atoms with E-state index in [4.69, 9.17) is 27.9 Å². The first-order chi connectivity index (χ1) is 14.5. The van der Waals surface area contributed by atoms with Crippen molar-refractivity contribution in [2.45, 2.75) is 12.8 Å². The zero-order valence-electron chi connectivity index (χ0n) is 16.0. The molecule has 0 aliphatic carbocycles. The number of para-hydroxylation sites is 2. The fourth-order valence-corrected chi connectivity index (χ4v) is 3.52. The molecule has 0 bridgehead atoms. The van der Waals surface area contributed by atoms with Crippen LogP contribution in [0.2, 0.25) is 10.0 Å².